The van der Waals surface area contributed by atoms with E-state index in [-0.39, 0.29) is 18.4 Å². The summed E-state index contributed by atoms with van der Waals surface area (Å²) in [6, 6.07) is 20.3. The van der Waals surface area contributed by atoms with E-state index in [0.717, 1.165) is 15.6 Å². The zero-order valence-corrected chi connectivity index (χ0v) is 22.8. The van der Waals surface area contributed by atoms with Crippen molar-refractivity contribution in [3.63, 3.8) is 0 Å². The molecule has 4 rings (SSSR count). The van der Waals surface area contributed by atoms with Gasteiger partial charge in [0.1, 0.15) is 0 Å². The van der Waals surface area contributed by atoms with Crippen LogP contribution in [0, 0.1) is 6.92 Å². The number of carbonyl (C=O) groups excluding carboxylic acids is 2. The van der Waals surface area contributed by atoms with Crippen LogP contribution in [0.1, 0.15) is 18.1 Å². The van der Waals surface area contributed by atoms with Crippen molar-refractivity contribution in [3.05, 3.63) is 87.2 Å². The summed E-state index contributed by atoms with van der Waals surface area (Å²) in [5.41, 5.74) is 3.23. The van der Waals surface area contributed by atoms with Crippen LogP contribution >= 0.6 is 39.9 Å². The van der Waals surface area contributed by atoms with E-state index >= 15 is 0 Å². The minimum absolute atomic E-state index is 0.168. The lowest BCUT2D eigenvalue weighted by molar-refractivity contribution is -0.118. The first-order chi connectivity index (χ1) is 17.3. The van der Waals surface area contributed by atoms with Gasteiger partial charge in [0.15, 0.2) is 22.4 Å². The number of thiocarbonyl (C=S) groups is 1. The molecule has 1 fully saturated rings. The highest BCUT2D eigenvalue weighted by atomic mass is 79.9. The molecule has 0 aromatic heterocycles. The van der Waals surface area contributed by atoms with Gasteiger partial charge in [0.25, 0.3) is 11.8 Å². The number of hydrogen-bond acceptors (Lipinski definition) is 6. The van der Waals surface area contributed by atoms with Crippen LogP contribution in [0.2, 0.25) is 0 Å². The van der Waals surface area contributed by atoms with E-state index in [0.29, 0.717) is 38.7 Å². The Hall–Kier alpha value is -3.14. The number of halogens is 1. The summed E-state index contributed by atoms with van der Waals surface area (Å²) in [5, 5.41) is 2.82. The molecule has 1 aliphatic heterocycles. The molecule has 36 heavy (non-hydrogen) atoms. The Morgan fingerprint density at radius 1 is 1.08 bits per heavy atom. The predicted octanol–water partition coefficient (Wildman–Crippen LogP) is 6.58. The van der Waals surface area contributed by atoms with Crippen molar-refractivity contribution in [1.29, 1.82) is 0 Å². The number of thioether (sulfide) groups is 1. The lowest BCUT2D eigenvalue weighted by Gasteiger charge is -2.14. The maximum Gasteiger partial charge on any atom is 0.270 e. The maximum absolute atomic E-state index is 13.1. The number of hydrogen-bond donors (Lipinski definition) is 1. The molecule has 0 atom stereocenters. The topological polar surface area (TPSA) is 67.9 Å². The highest BCUT2D eigenvalue weighted by Crippen LogP contribution is 2.38. The van der Waals surface area contributed by atoms with Gasteiger partial charge in [0, 0.05) is 10.2 Å². The van der Waals surface area contributed by atoms with Crippen molar-refractivity contribution in [2.45, 2.75) is 13.8 Å². The Morgan fingerprint density at radius 3 is 2.64 bits per heavy atom. The van der Waals surface area contributed by atoms with Gasteiger partial charge in [-0.1, -0.05) is 64.2 Å². The number of aryl methyl sites for hydroxylation is 1. The number of benzene rings is 3. The molecule has 0 bridgehead atoms. The van der Waals surface area contributed by atoms with E-state index in [1.165, 1.54) is 16.7 Å². The SMILES string of the molecule is CCOc1cc(/C=C2/SC(=S)N(c3cccc(Br)c3)C2=O)ccc1OCC(=O)Nc1cccc(C)c1. The second kappa shape index (κ2) is 11.7. The normalized spacial score (nSPS) is 14.3. The van der Waals surface area contributed by atoms with Crippen LogP contribution in [-0.2, 0) is 9.59 Å². The van der Waals surface area contributed by atoms with E-state index in [4.69, 9.17) is 21.7 Å². The summed E-state index contributed by atoms with van der Waals surface area (Å²) in [5.74, 6) is 0.463. The van der Waals surface area contributed by atoms with E-state index in [9.17, 15) is 9.59 Å². The van der Waals surface area contributed by atoms with Gasteiger partial charge >= 0.3 is 0 Å². The number of rotatable bonds is 8. The second-order valence-electron chi connectivity index (χ2n) is 7.84. The summed E-state index contributed by atoms with van der Waals surface area (Å²) in [6.45, 7) is 4.07. The van der Waals surface area contributed by atoms with Crippen molar-refractivity contribution in [3.8, 4) is 11.5 Å². The van der Waals surface area contributed by atoms with Crippen LogP contribution in [0.15, 0.2) is 76.1 Å². The molecule has 3 aromatic rings. The van der Waals surface area contributed by atoms with Crippen LogP contribution in [0.3, 0.4) is 0 Å². The van der Waals surface area contributed by atoms with Crippen molar-refractivity contribution < 1.29 is 19.1 Å². The van der Waals surface area contributed by atoms with Crippen molar-refractivity contribution in [1.82, 2.24) is 0 Å². The fourth-order valence-corrected chi connectivity index (χ4v) is 5.21. The van der Waals surface area contributed by atoms with Crippen LogP contribution in [-0.4, -0.2) is 29.3 Å². The summed E-state index contributed by atoms with van der Waals surface area (Å²) >= 11 is 10.1. The molecule has 3 aromatic carbocycles. The molecule has 9 heteroatoms. The second-order valence-corrected chi connectivity index (χ2v) is 10.4. The quantitative estimate of drug-likeness (QED) is 0.239. The highest BCUT2D eigenvalue weighted by Gasteiger charge is 2.33. The van der Waals surface area contributed by atoms with Gasteiger partial charge in [0.05, 0.1) is 17.2 Å². The molecule has 6 nitrogen and oxygen atoms in total. The smallest absolute Gasteiger partial charge is 0.270 e. The minimum Gasteiger partial charge on any atom is -0.490 e. The van der Waals surface area contributed by atoms with Crippen LogP contribution in [0.5, 0.6) is 11.5 Å². The molecule has 0 unspecified atom stereocenters. The molecule has 1 aliphatic rings. The molecule has 184 valence electrons. The highest BCUT2D eigenvalue weighted by molar-refractivity contribution is 9.10. The standard InChI is InChI=1S/C27H23BrN2O4S2/c1-3-33-23-13-18(10-11-22(23)34-16-25(31)29-20-8-4-6-17(2)12-20)14-24-26(32)30(27(35)36-24)21-9-5-7-19(28)15-21/h4-15H,3,16H2,1-2H3,(H,29,31)/b24-14+. The molecule has 0 spiro atoms. The third-order valence-corrected chi connectivity index (χ3v) is 6.88. The largest absolute Gasteiger partial charge is 0.490 e. The first kappa shape index (κ1) is 25.9. The third kappa shape index (κ3) is 6.34. The summed E-state index contributed by atoms with van der Waals surface area (Å²) in [4.78, 5) is 27.5. The van der Waals surface area contributed by atoms with Gasteiger partial charge in [-0.3, -0.25) is 14.5 Å². The third-order valence-electron chi connectivity index (χ3n) is 5.09. The fraction of sp³-hybridized carbons (Fsp3) is 0.148. The number of nitrogens with zero attached hydrogens (tertiary/aromatic N) is 1. The molecule has 0 radical (unpaired) electrons. The lowest BCUT2D eigenvalue weighted by Crippen LogP contribution is -2.27. The molecule has 1 heterocycles. The van der Waals surface area contributed by atoms with Gasteiger partial charge in [0.2, 0.25) is 0 Å². The van der Waals surface area contributed by atoms with E-state index < -0.39 is 0 Å². The van der Waals surface area contributed by atoms with E-state index in [2.05, 4.69) is 21.2 Å². The van der Waals surface area contributed by atoms with Gasteiger partial charge in [-0.25, -0.2) is 0 Å². The predicted molar refractivity (Wildman–Crippen MR) is 153 cm³/mol. The summed E-state index contributed by atoms with van der Waals surface area (Å²) in [6.07, 6.45) is 1.77. The summed E-state index contributed by atoms with van der Waals surface area (Å²) in [7, 11) is 0. The fourth-order valence-electron chi connectivity index (χ4n) is 3.52. The van der Waals surface area contributed by atoms with Gasteiger partial charge < -0.3 is 14.8 Å². The van der Waals surface area contributed by atoms with Crippen LogP contribution in [0.4, 0.5) is 11.4 Å². The van der Waals surface area contributed by atoms with Crippen molar-refractivity contribution >= 4 is 73.5 Å². The summed E-state index contributed by atoms with van der Waals surface area (Å²) < 4.78 is 12.8. The number of amides is 2. The Morgan fingerprint density at radius 2 is 1.89 bits per heavy atom. The van der Waals surface area contributed by atoms with Crippen molar-refractivity contribution in [2.75, 3.05) is 23.4 Å². The molecular formula is C27H23BrN2O4S2. The molecule has 0 aliphatic carbocycles. The number of nitrogens with one attached hydrogen (secondary N) is 1. The monoisotopic (exact) mass is 582 g/mol. The van der Waals surface area contributed by atoms with E-state index in [1.54, 1.807) is 18.2 Å². The lowest BCUT2D eigenvalue weighted by atomic mass is 10.1. The Labute approximate surface area is 227 Å². The van der Waals surface area contributed by atoms with Crippen LogP contribution in [0.25, 0.3) is 6.08 Å². The molecule has 2 amide bonds. The van der Waals surface area contributed by atoms with Gasteiger partial charge in [-0.05, 0) is 73.5 Å². The average molecular weight is 584 g/mol. The number of carbonyl (C=O) groups is 2. The van der Waals surface area contributed by atoms with Gasteiger partial charge in [-0.15, -0.1) is 0 Å². The van der Waals surface area contributed by atoms with Crippen molar-refractivity contribution in [2.24, 2.45) is 0 Å². The van der Waals surface area contributed by atoms with Crippen LogP contribution < -0.4 is 19.7 Å². The molecule has 1 saturated heterocycles. The molecule has 1 N–H and O–H groups in total. The van der Waals surface area contributed by atoms with E-state index in [1.807, 2.05) is 68.4 Å². The Kier molecular flexibility index (Phi) is 8.45. The Bertz CT molecular complexity index is 1360. The number of anilines is 2. The zero-order chi connectivity index (χ0) is 25.7. The first-order valence-electron chi connectivity index (χ1n) is 11.1. The van der Waals surface area contributed by atoms with Gasteiger partial charge in [-0.2, -0.15) is 0 Å². The maximum atomic E-state index is 13.1. The molecular weight excluding hydrogens is 560 g/mol. The average Bonchev–Trinajstić information content (AvgIpc) is 3.11. The zero-order valence-electron chi connectivity index (χ0n) is 19.6. The number of ether oxygens (including phenoxy) is 2. The first-order valence-corrected chi connectivity index (χ1v) is 13.2. The Balaban J connectivity index is 1.48. The minimum atomic E-state index is -0.275. The molecule has 0 saturated carbocycles.